The maximum absolute atomic E-state index is 5.68. The van der Waals surface area contributed by atoms with Crippen LogP contribution in [0.5, 0.6) is 0 Å². The monoisotopic (exact) mass is 226 g/mol. The topological polar surface area (TPSA) is 29.3 Å². The SMILES string of the molecule is CCc1ccc(N(C)c2ccc(N)cc2)cc1. The molecule has 17 heavy (non-hydrogen) atoms. The summed E-state index contributed by atoms with van der Waals surface area (Å²) in [4.78, 5) is 2.15. The lowest BCUT2D eigenvalue weighted by Crippen LogP contribution is -2.09. The van der Waals surface area contributed by atoms with Crippen LogP contribution < -0.4 is 10.6 Å². The molecular formula is C15H18N2. The number of nitrogens with two attached hydrogens (primary N) is 1. The van der Waals surface area contributed by atoms with Crippen molar-refractivity contribution < 1.29 is 0 Å². The predicted molar refractivity (Wildman–Crippen MR) is 74.7 cm³/mol. The van der Waals surface area contributed by atoms with Crippen molar-refractivity contribution in [3.63, 3.8) is 0 Å². The Morgan fingerprint density at radius 2 is 1.35 bits per heavy atom. The molecule has 0 fully saturated rings. The third-order valence-corrected chi connectivity index (χ3v) is 3.01. The summed E-state index contributed by atoms with van der Waals surface area (Å²) in [5, 5.41) is 0. The van der Waals surface area contributed by atoms with E-state index < -0.39 is 0 Å². The van der Waals surface area contributed by atoms with E-state index in [0.717, 1.165) is 17.8 Å². The van der Waals surface area contributed by atoms with Crippen LogP contribution in [0.15, 0.2) is 48.5 Å². The zero-order valence-corrected chi connectivity index (χ0v) is 10.4. The van der Waals surface area contributed by atoms with Gasteiger partial charge in [-0.05, 0) is 48.4 Å². The molecule has 2 nitrogen and oxygen atoms in total. The van der Waals surface area contributed by atoms with E-state index in [1.165, 1.54) is 11.3 Å². The Kier molecular flexibility index (Phi) is 3.33. The largest absolute Gasteiger partial charge is 0.399 e. The minimum absolute atomic E-state index is 0.795. The minimum atomic E-state index is 0.795. The van der Waals surface area contributed by atoms with Crippen molar-refractivity contribution in [1.29, 1.82) is 0 Å². The van der Waals surface area contributed by atoms with Gasteiger partial charge in [0.05, 0.1) is 0 Å². The number of aryl methyl sites for hydroxylation is 1. The third-order valence-electron chi connectivity index (χ3n) is 3.01. The van der Waals surface area contributed by atoms with Crippen LogP contribution in [0.4, 0.5) is 17.1 Å². The molecule has 0 aromatic heterocycles. The van der Waals surface area contributed by atoms with Crippen LogP contribution in [0.1, 0.15) is 12.5 Å². The van der Waals surface area contributed by atoms with Crippen molar-refractivity contribution >= 4 is 17.1 Å². The fraction of sp³-hybridized carbons (Fsp3) is 0.200. The number of hydrogen-bond acceptors (Lipinski definition) is 2. The van der Waals surface area contributed by atoms with Gasteiger partial charge in [-0.1, -0.05) is 19.1 Å². The lowest BCUT2D eigenvalue weighted by Gasteiger charge is -2.19. The first-order valence-corrected chi connectivity index (χ1v) is 5.89. The van der Waals surface area contributed by atoms with Gasteiger partial charge in [-0.2, -0.15) is 0 Å². The summed E-state index contributed by atoms with van der Waals surface area (Å²) in [6.07, 6.45) is 1.08. The first kappa shape index (κ1) is 11.5. The maximum atomic E-state index is 5.68. The summed E-state index contributed by atoms with van der Waals surface area (Å²) in [6.45, 7) is 2.17. The average molecular weight is 226 g/mol. The van der Waals surface area contributed by atoms with Crippen LogP contribution in [-0.4, -0.2) is 7.05 Å². The quantitative estimate of drug-likeness (QED) is 0.810. The Labute approximate surface area is 103 Å². The Hall–Kier alpha value is -1.96. The lowest BCUT2D eigenvalue weighted by atomic mass is 10.1. The Bertz CT molecular complexity index is 471. The van der Waals surface area contributed by atoms with E-state index in [-0.39, 0.29) is 0 Å². The molecule has 0 aliphatic heterocycles. The Balaban J connectivity index is 2.23. The summed E-state index contributed by atoms with van der Waals surface area (Å²) < 4.78 is 0. The van der Waals surface area contributed by atoms with Gasteiger partial charge in [0, 0.05) is 24.1 Å². The van der Waals surface area contributed by atoms with E-state index in [1.54, 1.807) is 0 Å². The van der Waals surface area contributed by atoms with E-state index in [9.17, 15) is 0 Å². The summed E-state index contributed by atoms with van der Waals surface area (Å²) in [7, 11) is 2.06. The highest BCUT2D eigenvalue weighted by atomic mass is 15.1. The van der Waals surface area contributed by atoms with Crippen molar-refractivity contribution in [2.75, 3.05) is 17.7 Å². The van der Waals surface area contributed by atoms with E-state index in [1.807, 2.05) is 24.3 Å². The predicted octanol–water partition coefficient (Wildman–Crippen LogP) is 3.60. The summed E-state index contributed by atoms with van der Waals surface area (Å²) in [5.41, 5.74) is 10.2. The maximum Gasteiger partial charge on any atom is 0.0409 e. The standard InChI is InChI=1S/C15H18N2/c1-3-12-4-8-14(9-5-12)17(2)15-10-6-13(16)7-11-15/h4-11H,3,16H2,1-2H3. The molecule has 0 aliphatic rings. The molecule has 0 saturated heterocycles. The van der Waals surface area contributed by atoms with Crippen LogP contribution in [0.3, 0.4) is 0 Å². The van der Waals surface area contributed by atoms with Gasteiger partial charge >= 0.3 is 0 Å². The number of nitrogen functional groups attached to an aromatic ring is 1. The molecule has 0 heterocycles. The Morgan fingerprint density at radius 1 is 0.882 bits per heavy atom. The molecule has 0 unspecified atom stereocenters. The van der Waals surface area contributed by atoms with Gasteiger partial charge in [0.2, 0.25) is 0 Å². The van der Waals surface area contributed by atoms with Crippen molar-refractivity contribution in [2.24, 2.45) is 0 Å². The number of anilines is 3. The molecular weight excluding hydrogens is 208 g/mol. The van der Waals surface area contributed by atoms with Gasteiger partial charge in [-0.15, -0.1) is 0 Å². The second-order valence-corrected chi connectivity index (χ2v) is 4.17. The lowest BCUT2D eigenvalue weighted by molar-refractivity contribution is 1.13. The first-order valence-electron chi connectivity index (χ1n) is 5.89. The summed E-state index contributed by atoms with van der Waals surface area (Å²) in [5.74, 6) is 0. The van der Waals surface area contributed by atoms with Crippen LogP contribution in [0, 0.1) is 0 Å². The van der Waals surface area contributed by atoms with Crippen molar-refractivity contribution in [3.8, 4) is 0 Å². The third kappa shape index (κ3) is 2.59. The molecule has 0 amide bonds. The summed E-state index contributed by atoms with van der Waals surface area (Å²) in [6, 6.07) is 16.5. The molecule has 0 saturated carbocycles. The second kappa shape index (κ2) is 4.91. The van der Waals surface area contributed by atoms with Crippen molar-refractivity contribution in [1.82, 2.24) is 0 Å². The van der Waals surface area contributed by atoms with Crippen LogP contribution in [0.2, 0.25) is 0 Å². The van der Waals surface area contributed by atoms with E-state index in [4.69, 9.17) is 5.73 Å². The van der Waals surface area contributed by atoms with E-state index in [2.05, 4.69) is 43.1 Å². The van der Waals surface area contributed by atoms with E-state index >= 15 is 0 Å². The average Bonchev–Trinajstić information content (AvgIpc) is 2.39. The normalized spacial score (nSPS) is 10.2. The highest BCUT2D eigenvalue weighted by molar-refractivity contribution is 5.64. The van der Waals surface area contributed by atoms with Gasteiger partial charge in [-0.25, -0.2) is 0 Å². The van der Waals surface area contributed by atoms with Crippen LogP contribution in [-0.2, 0) is 6.42 Å². The van der Waals surface area contributed by atoms with Crippen molar-refractivity contribution in [3.05, 3.63) is 54.1 Å². The number of rotatable bonds is 3. The zero-order valence-electron chi connectivity index (χ0n) is 10.4. The highest BCUT2D eigenvalue weighted by Gasteiger charge is 2.03. The van der Waals surface area contributed by atoms with Crippen LogP contribution >= 0.6 is 0 Å². The molecule has 0 radical (unpaired) electrons. The molecule has 0 aliphatic carbocycles. The molecule has 0 atom stereocenters. The molecule has 2 heteroatoms. The van der Waals surface area contributed by atoms with Crippen LogP contribution in [0.25, 0.3) is 0 Å². The van der Waals surface area contributed by atoms with E-state index in [0.29, 0.717) is 0 Å². The van der Waals surface area contributed by atoms with Gasteiger partial charge in [0.25, 0.3) is 0 Å². The number of nitrogens with zero attached hydrogens (tertiary/aromatic N) is 1. The molecule has 0 bridgehead atoms. The molecule has 2 rings (SSSR count). The highest BCUT2D eigenvalue weighted by Crippen LogP contribution is 2.24. The molecule has 88 valence electrons. The molecule has 2 aromatic rings. The minimum Gasteiger partial charge on any atom is -0.399 e. The number of hydrogen-bond donors (Lipinski definition) is 1. The summed E-state index contributed by atoms with van der Waals surface area (Å²) >= 11 is 0. The van der Waals surface area contributed by atoms with Crippen molar-refractivity contribution in [2.45, 2.75) is 13.3 Å². The first-order chi connectivity index (χ1) is 8.20. The molecule has 2 N–H and O–H groups in total. The second-order valence-electron chi connectivity index (χ2n) is 4.17. The number of benzene rings is 2. The zero-order chi connectivity index (χ0) is 12.3. The molecule has 0 spiro atoms. The van der Waals surface area contributed by atoms with Gasteiger partial charge in [-0.3, -0.25) is 0 Å². The molecule has 2 aromatic carbocycles. The smallest absolute Gasteiger partial charge is 0.0409 e. The van der Waals surface area contributed by atoms with Gasteiger partial charge in [0.1, 0.15) is 0 Å². The van der Waals surface area contributed by atoms with Gasteiger partial charge < -0.3 is 10.6 Å². The fourth-order valence-electron chi connectivity index (χ4n) is 1.80. The fourth-order valence-corrected chi connectivity index (χ4v) is 1.80. The Morgan fingerprint density at radius 3 is 1.82 bits per heavy atom. The van der Waals surface area contributed by atoms with Gasteiger partial charge in [0.15, 0.2) is 0 Å².